The largest absolute Gasteiger partial charge is 0.391 e. The fourth-order valence-corrected chi connectivity index (χ4v) is 7.63. The summed E-state index contributed by atoms with van der Waals surface area (Å²) in [6, 6.07) is 24.6. The van der Waals surface area contributed by atoms with Crippen molar-refractivity contribution >= 4 is 25.0 Å². The zero-order chi connectivity index (χ0) is 25.0. The lowest BCUT2D eigenvalue weighted by Crippen LogP contribution is -2.60. The van der Waals surface area contributed by atoms with E-state index < -0.39 is 8.40 Å². The van der Waals surface area contributed by atoms with E-state index in [1.54, 1.807) is 0 Å². The van der Waals surface area contributed by atoms with Crippen LogP contribution in [0, 0.1) is 0 Å². The maximum absolute atomic E-state index is 4.18. The van der Waals surface area contributed by atoms with Crippen molar-refractivity contribution in [3.63, 3.8) is 0 Å². The highest BCUT2D eigenvalue weighted by atomic mass is 28.3. The van der Waals surface area contributed by atoms with Gasteiger partial charge in [0.05, 0.1) is 0 Å². The molecule has 0 heterocycles. The van der Waals surface area contributed by atoms with Crippen molar-refractivity contribution in [2.45, 2.75) is 85.6 Å². The van der Waals surface area contributed by atoms with Crippen LogP contribution in [0.3, 0.4) is 0 Å². The molecule has 0 aromatic heterocycles. The van der Waals surface area contributed by atoms with Crippen LogP contribution in [0.25, 0.3) is 0 Å². The first kappa shape index (κ1) is 26.1. The second-order valence-electron chi connectivity index (χ2n) is 11.0. The Morgan fingerprint density at radius 1 is 0.471 bits per heavy atom. The Morgan fingerprint density at radius 3 is 1.09 bits per heavy atom. The standard InChI is InChI=1S/C31H44N2Si/c1-21(2)26-17-13-18-27(22(3)4)30(26)32-34(9,25-15-11-10-12-16-25)33-31-28(23(5)6)19-14-20-29(31)24(7)8/h10-24,32-33H,1-9H3. The van der Waals surface area contributed by atoms with Crippen molar-refractivity contribution in [1.29, 1.82) is 0 Å². The molecule has 3 heteroatoms. The van der Waals surface area contributed by atoms with E-state index in [0.717, 1.165) is 0 Å². The van der Waals surface area contributed by atoms with Gasteiger partial charge in [0.25, 0.3) is 8.40 Å². The van der Waals surface area contributed by atoms with Gasteiger partial charge in [-0.1, -0.05) is 122 Å². The van der Waals surface area contributed by atoms with E-state index in [4.69, 9.17) is 0 Å². The molecular weight excluding hydrogens is 428 g/mol. The molecule has 0 spiro atoms. The van der Waals surface area contributed by atoms with Crippen LogP contribution in [0.1, 0.15) is 101 Å². The molecule has 0 aliphatic carbocycles. The first-order chi connectivity index (χ1) is 16.0. The molecule has 3 aromatic rings. The molecule has 2 N–H and O–H groups in total. The molecule has 0 saturated heterocycles. The molecule has 0 aliphatic rings. The molecule has 3 aromatic carbocycles. The number of benzene rings is 3. The summed E-state index contributed by atoms with van der Waals surface area (Å²) in [5, 5.41) is 1.36. The van der Waals surface area contributed by atoms with Crippen LogP contribution >= 0.6 is 0 Å². The minimum atomic E-state index is -2.42. The van der Waals surface area contributed by atoms with Gasteiger partial charge in [-0.05, 0) is 57.7 Å². The maximum atomic E-state index is 4.18. The molecule has 0 radical (unpaired) electrons. The van der Waals surface area contributed by atoms with Crippen LogP contribution in [-0.4, -0.2) is 8.40 Å². The summed E-state index contributed by atoms with van der Waals surface area (Å²) in [6.45, 7) is 20.8. The van der Waals surface area contributed by atoms with E-state index in [-0.39, 0.29) is 0 Å². The number of nitrogens with one attached hydrogen (secondary N) is 2. The summed E-state index contributed by atoms with van der Waals surface area (Å²) in [5.41, 5.74) is 8.19. The second-order valence-corrected chi connectivity index (χ2v) is 14.3. The number of hydrogen-bond acceptors (Lipinski definition) is 2. The van der Waals surface area contributed by atoms with Crippen molar-refractivity contribution in [3.05, 3.63) is 89.0 Å². The Bertz CT molecular complexity index is 966. The lowest BCUT2D eigenvalue weighted by Gasteiger charge is -2.36. The van der Waals surface area contributed by atoms with Crippen LogP contribution in [0.5, 0.6) is 0 Å². The summed E-state index contributed by atoms with van der Waals surface area (Å²) < 4.78 is 0. The van der Waals surface area contributed by atoms with Gasteiger partial charge in [-0.25, -0.2) is 0 Å². The summed E-state index contributed by atoms with van der Waals surface area (Å²) in [7, 11) is -2.42. The topological polar surface area (TPSA) is 24.1 Å². The Labute approximate surface area is 209 Å². The van der Waals surface area contributed by atoms with Gasteiger partial charge in [0.2, 0.25) is 0 Å². The third-order valence-electron chi connectivity index (χ3n) is 6.85. The fourth-order valence-electron chi connectivity index (χ4n) is 4.84. The van der Waals surface area contributed by atoms with Gasteiger partial charge in [0.15, 0.2) is 0 Å². The van der Waals surface area contributed by atoms with Crippen LogP contribution in [0.4, 0.5) is 11.4 Å². The van der Waals surface area contributed by atoms with E-state index in [2.05, 4.69) is 139 Å². The lowest BCUT2D eigenvalue weighted by atomic mass is 9.93. The number of hydrogen-bond donors (Lipinski definition) is 2. The minimum Gasteiger partial charge on any atom is -0.391 e. The number of rotatable bonds is 9. The van der Waals surface area contributed by atoms with Gasteiger partial charge in [-0.3, -0.25) is 0 Å². The van der Waals surface area contributed by atoms with E-state index in [1.165, 1.54) is 38.8 Å². The predicted molar refractivity (Wildman–Crippen MR) is 154 cm³/mol. The predicted octanol–water partition coefficient (Wildman–Crippen LogP) is 8.68. The molecule has 34 heavy (non-hydrogen) atoms. The highest BCUT2D eigenvalue weighted by molar-refractivity contribution is 6.95. The third-order valence-corrected chi connectivity index (χ3v) is 9.84. The molecule has 0 amide bonds. The second kappa shape index (κ2) is 10.8. The quantitative estimate of drug-likeness (QED) is 0.304. The Balaban J connectivity index is 2.23. The van der Waals surface area contributed by atoms with E-state index in [9.17, 15) is 0 Å². The number of para-hydroxylation sites is 2. The van der Waals surface area contributed by atoms with Crippen LogP contribution in [-0.2, 0) is 0 Å². The fraction of sp³-hybridized carbons (Fsp3) is 0.419. The monoisotopic (exact) mass is 472 g/mol. The van der Waals surface area contributed by atoms with Crippen molar-refractivity contribution < 1.29 is 0 Å². The normalized spacial score (nSPS) is 12.1. The Morgan fingerprint density at radius 2 is 0.794 bits per heavy atom. The van der Waals surface area contributed by atoms with Crippen molar-refractivity contribution in [3.8, 4) is 0 Å². The number of anilines is 2. The highest BCUT2D eigenvalue weighted by Gasteiger charge is 2.35. The zero-order valence-electron chi connectivity index (χ0n) is 22.7. The molecule has 2 nitrogen and oxygen atoms in total. The van der Waals surface area contributed by atoms with E-state index >= 15 is 0 Å². The molecule has 0 saturated carbocycles. The summed E-state index contributed by atoms with van der Waals surface area (Å²) >= 11 is 0. The van der Waals surface area contributed by atoms with Crippen molar-refractivity contribution in [2.24, 2.45) is 0 Å². The average molecular weight is 473 g/mol. The van der Waals surface area contributed by atoms with Crippen LogP contribution < -0.4 is 15.2 Å². The van der Waals surface area contributed by atoms with Gasteiger partial charge >= 0.3 is 0 Å². The maximum Gasteiger partial charge on any atom is 0.289 e. The molecule has 0 atom stereocenters. The van der Waals surface area contributed by atoms with Gasteiger partial charge in [-0.2, -0.15) is 0 Å². The van der Waals surface area contributed by atoms with Crippen molar-refractivity contribution in [1.82, 2.24) is 0 Å². The molecule has 0 fully saturated rings. The van der Waals surface area contributed by atoms with Gasteiger partial charge < -0.3 is 9.96 Å². The average Bonchev–Trinajstić information content (AvgIpc) is 2.79. The molecule has 0 bridgehead atoms. The minimum absolute atomic E-state index is 0.449. The molecule has 0 unspecified atom stereocenters. The summed E-state index contributed by atoms with van der Waals surface area (Å²) in [4.78, 5) is 8.36. The SMILES string of the molecule is CC(C)c1cccc(C(C)C)c1N[Si](C)(Nc1c(C(C)C)cccc1C(C)C)c1ccccc1. The molecule has 0 aliphatic heterocycles. The summed E-state index contributed by atoms with van der Waals surface area (Å²) in [5.74, 6) is 1.79. The van der Waals surface area contributed by atoms with E-state index in [0.29, 0.717) is 23.7 Å². The zero-order valence-corrected chi connectivity index (χ0v) is 23.7. The Hall–Kier alpha value is -2.52. The molecule has 182 valence electrons. The van der Waals surface area contributed by atoms with E-state index in [1.807, 2.05) is 0 Å². The van der Waals surface area contributed by atoms with Crippen LogP contribution in [0.15, 0.2) is 66.7 Å². The smallest absolute Gasteiger partial charge is 0.289 e. The Kier molecular flexibility index (Phi) is 8.30. The third kappa shape index (κ3) is 5.58. The highest BCUT2D eigenvalue weighted by Crippen LogP contribution is 2.36. The summed E-state index contributed by atoms with van der Waals surface area (Å²) in [6.07, 6.45) is 0. The first-order valence-electron chi connectivity index (χ1n) is 12.9. The van der Waals surface area contributed by atoms with Crippen molar-refractivity contribution in [2.75, 3.05) is 9.96 Å². The van der Waals surface area contributed by atoms with Gasteiger partial charge in [0.1, 0.15) is 0 Å². The van der Waals surface area contributed by atoms with Crippen LogP contribution in [0.2, 0.25) is 6.55 Å². The van der Waals surface area contributed by atoms with Gasteiger partial charge in [-0.15, -0.1) is 0 Å². The lowest BCUT2D eigenvalue weighted by molar-refractivity contribution is 0.837. The van der Waals surface area contributed by atoms with Gasteiger partial charge in [0, 0.05) is 11.4 Å². The first-order valence-corrected chi connectivity index (χ1v) is 15.4. The molecular formula is C31H44N2Si. The molecule has 3 rings (SSSR count).